The van der Waals surface area contributed by atoms with E-state index in [2.05, 4.69) is 47.7 Å². The van der Waals surface area contributed by atoms with Crippen LogP contribution in [-0.2, 0) is 5.54 Å². The highest BCUT2D eigenvalue weighted by Crippen LogP contribution is 2.44. The zero-order chi connectivity index (χ0) is 22.4. The Morgan fingerprint density at radius 3 is 2.52 bits per heavy atom. The standard InChI is InChI=1S/C24H30N8O/c1-30-11-13-31(14-12-30)17-5-6-20(25-15-17)28-23-26-16-18-21(29-23)32-22(27-18)19(33)7-10-24(32)8-3-2-4-9-24/h5-6,15-16H,2-4,7-14H2,1H3,(H,25,26,28,29). The summed E-state index contributed by atoms with van der Waals surface area (Å²) in [5.74, 6) is 1.85. The van der Waals surface area contributed by atoms with E-state index < -0.39 is 0 Å². The Morgan fingerprint density at radius 2 is 1.76 bits per heavy atom. The fourth-order valence-electron chi connectivity index (χ4n) is 5.65. The van der Waals surface area contributed by atoms with Gasteiger partial charge in [-0.25, -0.2) is 15.0 Å². The van der Waals surface area contributed by atoms with Crippen LogP contribution in [0.3, 0.4) is 0 Å². The molecule has 2 aliphatic heterocycles. The molecule has 9 nitrogen and oxygen atoms in total. The first kappa shape index (κ1) is 20.5. The molecule has 0 atom stereocenters. The summed E-state index contributed by atoms with van der Waals surface area (Å²) >= 11 is 0. The van der Waals surface area contributed by atoms with Crippen LogP contribution in [0.2, 0.25) is 0 Å². The molecule has 1 spiro atoms. The van der Waals surface area contributed by atoms with Gasteiger partial charge in [0, 0.05) is 38.1 Å². The number of imidazole rings is 1. The third kappa shape index (κ3) is 3.64. The average molecular weight is 447 g/mol. The van der Waals surface area contributed by atoms with Gasteiger partial charge in [-0.1, -0.05) is 19.3 Å². The number of nitrogens with one attached hydrogen (secondary N) is 1. The molecule has 6 rings (SSSR count). The van der Waals surface area contributed by atoms with Crippen molar-refractivity contribution in [3.05, 3.63) is 30.4 Å². The van der Waals surface area contributed by atoms with Gasteiger partial charge in [-0.05, 0) is 38.4 Å². The first-order valence-corrected chi connectivity index (χ1v) is 12.1. The summed E-state index contributed by atoms with van der Waals surface area (Å²) in [5, 5.41) is 3.25. The molecule has 1 saturated heterocycles. The Bertz CT molecular complexity index is 1170. The van der Waals surface area contributed by atoms with Crippen molar-refractivity contribution in [2.24, 2.45) is 0 Å². The van der Waals surface area contributed by atoms with E-state index in [0.29, 0.717) is 29.5 Å². The van der Waals surface area contributed by atoms with Crippen LogP contribution in [0, 0.1) is 0 Å². The average Bonchev–Trinajstić information content (AvgIpc) is 3.24. The topological polar surface area (TPSA) is 92.1 Å². The maximum Gasteiger partial charge on any atom is 0.230 e. The predicted octanol–water partition coefficient (Wildman–Crippen LogP) is 3.35. The van der Waals surface area contributed by atoms with Gasteiger partial charge in [0.25, 0.3) is 0 Å². The first-order chi connectivity index (χ1) is 16.1. The third-order valence-corrected chi connectivity index (χ3v) is 7.58. The van der Waals surface area contributed by atoms with E-state index in [1.165, 1.54) is 19.3 Å². The lowest BCUT2D eigenvalue weighted by molar-refractivity contribution is 0.0842. The molecule has 0 radical (unpaired) electrons. The summed E-state index contributed by atoms with van der Waals surface area (Å²) in [6.45, 7) is 4.15. The van der Waals surface area contributed by atoms with Gasteiger partial charge < -0.3 is 15.1 Å². The number of Topliss-reactive ketones (excluding diaryl/α,β-unsaturated/α-hetero) is 1. The highest BCUT2D eigenvalue weighted by atomic mass is 16.1. The monoisotopic (exact) mass is 446 g/mol. The van der Waals surface area contributed by atoms with Gasteiger partial charge in [0.2, 0.25) is 5.95 Å². The maximum absolute atomic E-state index is 12.7. The van der Waals surface area contributed by atoms with Crippen molar-refractivity contribution in [3.8, 4) is 0 Å². The van der Waals surface area contributed by atoms with Gasteiger partial charge in [0.05, 0.1) is 18.1 Å². The van der Waals surface area contributed by atoms with Crippen molar-refractivity contribution in [1.82, 2.24) is 29.4 Å². The number of ketones is 1. The van der Waals surface area contributed by atoms with Gasteiger partial charge in [-0.3, -0.25) is 9.36 Å². The number of anilines is 3. The van der Waals surface area contributed by atoms with Crippen molar-refractivity contribution in [3.63, 3.8) is 0 Å². The maximum atomic E-state index is 12.7. The number of carbonyl (C=O) groups is 1. The molecule has 0 unspecified atom stereocenters. The molecule has 0 amide bonds. The zero-order valence-corrected chi connectivity index (χ0v) is 19.1. The van der Waals surface area contributed by atoms with E-state index >= 15 is 0 Å². The van der Waals surface area contributed by atoms with E-state index in [0.717, 1.165) is 56.8 Å². The van der Waals surface area contributed by atoms with Gasteiger partial charge in [0.15, 0.2) is 17.3 Å². The lowest BCUT2D eigenvalue weighted by Gasteiger charge is -2.42. The van der Waals surface area contributed by atoms with Gasteiger partial charge in [0.1, 0.15) is 11.3 Å². The van der Waals surface area contributed by atoms with Crippen LogP contribution in [0.5, 0.6) is 0 Å². The summed E-state index contributed by atoms with van der Waals surface area (Å²) in [6.07, 6.45) is 10.9. The molecule has 0 bridgehead atoms. The largest absolute Gasteiger partial charge is 0.368 e. The van der Waals surface area contributed by atoms with Crippen molar-refractivity contribution < 1.29 is 4.79 Å². The number of nitrogens with zero attached hydrogens (tertiary/aromatic N) is 7. The molecule has 1 N–H and O–H groups in total. The van der Waals surface area contributed by atoms with Gasteiger partial charge in [-0.2, -0.15) is 4.98 Å². The molecule has 3 aromatic rings. The second kappa shape index (κ2) is 8.06. The number of likely N-dealkylation sites (N-methyl/N-ethyl adjacent to an activating group) is 1. The number of pyridine rings is 1. The summed E-state index contributed by atoms with van der Waals surface area (Å²) in [4.78, 5) is 35.9. The molecule has 9 heteroatoms. The lowest BCUT2D eigenvalue weighted by atomic mass is 9.76. The number of hydrogen-bond acceptors (Lipinski definition) is 8. The molecule has 2 fully saturated rings. The molecular weight excluding hydrogens is 416 g/mol. The molecule has 1 aliphatic carbocycles. The summed E-state index contributed by atoms with van der Waals surface area (Å²) < 4.78 is 2.14. The highest BCUT2D eigenvalue weighted by molar-refractivity contribution is 5.97. The van der Waals surface area contributed by atoms with E-state index in [1.54, 1.807) is 6.20 Å². The number of carbonyl (C=O) groups excluding carboxylic acids is 1. The number of hydrogen-bond donors (Lipinski definition) is 1. The van der Waals surface area contributed by atoms with Crippen molar-refractivity contribution in [2.45, 2.75) is 50.5 Å². The number of piperazine rings is 1. The minimum Gasteiger partial charge on any atom is -0.368 e. The van der Waals surface area contributed by atoms with Gasteiger partial charge in [-0.15, -0.1) is 0 Å². The fraction of sp³-hybridized carbons (Fsp3) is 0.542. The molecule has 172 valence electrons. The molecule has 5 heterocycles. The van der Waals surface area contributed by atoms with E-state index in [9.17, 15) is 4.79 Å². The number of aromatic nitrogens is 5. The molecule has 33 heavy (non-hydrogen) atoms. The fourth-order valence-corrected chi connectivity index (χ4v) is 5.65. The van der Waals surface area contributed by atoms with Crippen LogP contribution in [0.4, 0.5) is 17.5 Å². The SMILES string of the molecule is CN1CCN(c2ccc(Nc3ncc4nc5n(c4n3)C3(CCCCC3)CCC5=O)nc2)CC1. The van der Waals surface area contributed by atoms with Crippen molar-refractivity contribution in [1.29, 1.82) is 0 Å². The normalized spacial score (nSPS) is 20.9. The van der Waals surface area contributed by atoms with Crippen molar-refractivity contribution >= 4 is 34.4 Å². The Labute approximate surface area is 193 Å². The predicted molar refractivity (Wildman–Crippen MR) is 127 cm³/mol. The molecule has 3 aromatic heterocycles. The van der Waals surface area contributed by atoms with Crippen LogP contribution in [0.25, 0.3) is 11.2 Å². The quantitative estimate of drug-likeness (QED) is 0.655. The molecule has 0 aromatic carbocycles. The van der Waals surface area contributed by atoms with E-state index in [4.69, 9.17) is 4.98 Å². The third-order valence-electron chi connectivity index (χ3n) is 7.58. The second-order valence-electron chi connectivity index (χ2n) is 9.70. The second-order valence-corrected chi connectivity index (χ2v) is 9.70. The van der Waals surface area contributed by atoms with Crippen molar-refractivity contribution in [2.75, 3.05) is 43.4 Å². The molecular formula is C24H30N8O. The summed E-state index contributed by atoms with van der Waals surface area (Å²) in [5.41, 5.74) is 2.54. The van der Waals surface area contributed by atoms with Gasteiger partial charge >= 0.3 is 0 Å². The minimum atomic E-state index is -0.0374. The Balaban J connectivity index is 1.29. The minimum absolute atomic E-state index is 0.0374. The smallest absolute Gasteiger partial charge is 0.230 e. The Kier molecular flexibility index (Phi) is 5.01. The van der Waals surface area contributed by atoms with E-state index in [-0.39, 0.29) is 11.3 Å². The zero-order valence-electron chi connectivity index (χ0n) is 19.1. The Hall–Kier alpha value is -3.07. The molecule has 1 saturated carbocycles. The summed E-state index contributed by atoms with van der Waals surface area (Å²) in [6, 6.07) is 4.06. The van der Waals surface area contributed by atoms with Crippen LogP contribution < -0.4 is 10.2 Å². The van der Waals surface area contributed by atoms with Crippen LogP contribution in [-0.4, -0.2) is 68.4 Å². The number of rotatable bonds is 3. The Morgan fingerprint density at radius 1 is 0.939 bits per heavy atom. The van der Waals surface area contributed by atoms with Crippen LogP contribution in [0.1, 0.15) is 55.6 Å². The highest BCUT2D eigenvalue weighted by Gasteiger charge is 2.42. The summed E-state index contributed by atoms with van der Waals surface area (Å²) in [7, 11) is 2.16. The van der Waals surface area contributed by atoms with Crippen LogP contribution >= 0.6 is 0 Å². The number of fused-ring (bicyclic) bond motifs is 4. The van der Waals surface area contributed by atoms with Crippen LogP contribution in [0.15, 0.2) is 24.5 Å². The van der Waals surface area contributed by atoms with E-state index in [1.807, 2.05) is 12.3 Å². The lowest BCUT2D eigenvalue weighted by Crippen LogP contribution is -2.44. The molecule has 3 aliphatic rings. The first-order valence-electron chi connectivity index (χ1n) is 12.1.